The maximum Gasteiger partial charge on any atom is 0.408 e. The third kappa shape index (κ3) is 9.04. The maximum absolute atomic E-state index is 14.7. The molecule has 5 atom stereocenters. The number of nitrogens with one attached hydrogen (secondary N) is 3. The minimum Gasteiger partial charge on any atom is -0.497 e. The minimum absolute atomic E-state index is 0.0571. The second-order valence-corrected chi connectivity index (χ2v) is 18.2. The number of carbonyl (C=O) groups excluding carboxylic acids is 5. The molecule has 2 saturated carbocycles. The molecule has 3 aromatic rings. The summed E-state index contributed by atoms with van der Waals surface area (Å²) in [7, 11) is -2.40. The Labute approximate surface area is 342 Å². The molecule has 3 N–H and O–H groups in total. The number of likely N-dealkylation sites (tertiary alicyclic amines) is 1. The number of methoxy groups -OCH3 is 1. The second-order valence-electron chi connectivity index (χ2n) is 16.3. The molecule has 3 heterocycles. The van der Waals surface area contributed by atoms with Gasteiger partial charge in [0.25, 0.3) is 5.91 Å². The molecule has 3 fully saturated rings. The van der Waals surface area contributed by atoms with Crippen LogP contribution in [0.2, 0.25) is 0 Å². The van der Waals surface area contributed by atoms with Crippen molar-refractivity contribution in [3.05, 3.63) is 79.4 Å². The molecule has 5 amide bonds. The van der Waals surface area contributed by atoms with Crippen molar-refractivity contribution < 1.29 is 46.6 Å². The fourth-order valence-corrected chi connectivity index (χ4v) is 8.79. The lowest BCUT2D eigenvalue weighted by Gasteiger charge is -2.32. The van der Waals surface area contributed by atoms with Crippen molar-refractivity contribution in [2.75, 3.05) is 26.7 Å². The van der Waals surface area contributed by atoms with E-state index in [0.29, 0.717) is 40.9 Å². The lowest BCUT2D eigenvalue weighted by molar-refractivity contribution is -0.141. The summed E-state index contributed by atoms with van der Waals surface area (Å²) >= 11 is 0. The van der Waals surface area contributed by atoms with Gasteiger partial charge in [0.2, 0.25) is 27.7 Å². The molecule has 59 heavy (non-hydrogen) atoms. The molecular formula is C42H48N6O10S. The highest BCUT2D eigenvalue weighted by Gasteiger charge is 2.62. The van der Waals surface area contributed by atoms with Crippen LogP contribution in [0.15, 0.2) is 79.4 Å². The third-order valence-electron chi connectivity index (χ3n) is 10.7. The summed E-state index contributed by atoms with van der Waals surface area (Å²) in [5.74, 6) is -2.28. The van der Waals surface area contributed by atoms with E-state index in [4.69, 9.17) is 19.2 Å². The van der Waals surface area contributed by atoms with Crippen LogP contribution in [0.5, 0.6) is 11.5 Å². The molecule has 16 nitrogen and oxygen atoms in total. The molecule has 0 radical (unpaired) electrons. The van der Waals surface area contributed by atoms with E-state index >= 15 is 0 Å². The van der Waals surface area contributed by atoms with E-state index in [1.54, 1.807) is 58.2 Å². The lowest BCUT2D eigenvalue weighted by Crippen LogP contribution is -2.60. The second kappa shape index (κ2) is 16.0. The van der Waals surface area contributed by atoms with E-state index in [1.807, 2.05) is 30.3 Å². The summed E-state index contributed by atoms with van der Waals surface area (Å²) in [5.41, 5.74) is -0.545. The van der Waals surface area contributed by atoms with Crippen LogP contribution in [-0.4, -0.2) is 114 Å². The van der Waals surface area contributed by atoms with Crippen molar-refractivity contribution in [3.63, 3.8) is 0 Å². The van der Waals surface area contributed by atoms with E-state index in [0.717, 1.165) is 5.56 Å². The van der Waals surface area contributed by atoms with Crippen molar-refractivity contribution in [1.29, 1.82) is 0 Å². The number of carbonyl (C=O) groups is 5. The minimum atomic E-state index is -3.95. The number of hydrogen-bond donors (Lipinski definition) is 3. The Morgan fingerprint density at radius 3 is 2.46 bits per heavy atom. The van der Waals surface area contributed by atoms with Crippen molar-refractivity contribution in [1.82, 2.24) is 30.1 Å². The van der Waals surface area contributed by atoms with Gasteiger partial charge in [0.15, 0.2) is 0 Å². The normalized spacial score (nSPS) is 23.1. The van der Waals surface area contributed by atoms with Gasteiger partial charge >= 0.3 is 6.09 Å². The fourth-order valence-electron chi connectivity index (χ4n) is 7.43. The van der Waals surface area contributed by atoms with Gasteiger partial charge in [-0.05, 0) is 52.2 Å². The number of aromatic nitrogens is 1. The van der Waals surface area contributed by atoms with Gasteiger partial charge in [-0.1, -0.05) is 42.5 Å². The molecule has 4 aliphatic rings. The average Bonchev–Trinajstić information content (AvgIpc) is 4.09. The summed E-state index contributed by atoms with van der Waals surface area (Å²) in [6, 6.07) is 14.0. The van der Waals surface area contributed by atoms with E-state index < -0.39 is 74.3 Å². The Balaban J connectivity index is 1.22. The van der Waals surface area contributed by atoms with Crippen LogP contribution >= 0.6 is 0 Å². The van der Waals surface area contributed by atoms with Crippen LogP contribution in [0.1, 0.15) is 46.5 Å². The summed E-state index contributed by atoms with van der Waals surface area (Å²) in [5, 5.41) is 5.35. The molecule has 1 saturated heterocycles. The number of benzene rings is 2. The van der Waals surface area contributed by atoms with Crippen molar-refractivity contribution in [2.45, 2.75) is 81.0 Å². The summed E-state index contributed by atoms with van der Waals surface area (Å²) in [4.78, 5) is 76.2. The number of ether oxygens (including phenoxy) is 3. The van der Waals surface area contributed by atoms with Gasteiger partial charge in [0, 0.05) is 48.0 Å². The number of nitrogens with zero attached hydrogens (tertiary/aromatic N) is 3. The first kappa shape index (κ1) is 41.2. The zero-order valence-corrected chi connectivity index (χ0v) is 34.1. The van der Waals surface area contributed by atoms with E-state index in [9.17, 15) is 32.4 Å². The van der Waals surface area contributed by atoms with Crippen LogP contribution < -0.4 is 24.8 Å². The highest BCUT2D eigenvalue weighted by Crippen LogP contribution is 2.45. The van der Waals surface area contributed by atoms with Crippen LogP contribution in [0.4, 0.5) is 4.79 Å². The predicted molar refractivity (Wildman–Crippen MR) is 216 cm³/mol. The summed E-state index contributed by atoms with van der Waals surface area (Å²) < 4.78 is 45.4. The maximum atomic E-state index is 14.7. The zero-order valence-electron chi connectivity index (χ0n) is 33.3. The summed E-state index contributed by atoms with van der Waals surface area (Å²) in [6.45, 7) is 8.59. The van der Waals surface area contributed by atoms with Gasteiger partial charge in [0.05, 0.1) is 36.7 Å². The van der Waals surface area contributed by atoms with Crippen molar-refractivity contribution in [3.8, 4) is 22.8 Å². The van der Waals surface area contributed by atoms with Gasteiger partial charge < -0.3 is 34.6 Å². The highest BCUT2D eigenvalue weighted by molar-refractivity contribution is 7.91. The Kier molecular flexibility index (Phi) is 11.2. The van der Waals surface area contributed by atoms with Gasteiger partial charge in [0.1, 0.15) is 40.8 Å². The molecular weight excluding hydrogens is 781 g/mol. The van der Waals surface area contributed by atoms with Crippen LogP contribution in [-0.2, 0) is 33.9 Å². The van der Waals surface area contributed by atoms with Gasteiger partial charge in [-0.25, -0.2) is 18.2 Å². The topological polar surface area (TPSA) is 203 Å². The van der Waals surface area contributed by atoms with E-state index in [2.05, 4.69) is 21.9 Å². The van der Waals surface area contributed by atoms with Crippen LogP contribution in [0, 0.1) is 5.92 Å². The number of rotatable bonds is 14. The molecule has 1 unspecified atom stereocenters. The average molecular weight is 829 g/mol. The zero-order chi connectivity index (χ0) is 42.3. The number of sulfonamides is 1. The number of pyridine rings is 1. The first-order valence-electron chi connectivity index (χ1n) is 19.5. The molecule has 2 aliphatic carbocycles. The molecule has 0 bridgehead atoms. The fraction of sp³-hybridized carbons (Fsp3) is 0.429. The van der Waals surface area contributed by atoms with Crippen LogP contribution in [0.25, 0.3) is 22.2 Å². The smallest absolute Gasteiger partial charge is 0.408 e. The van der Waals surface area contributed by atoms with Gasteiger partial charge in [-0.2, -0.15) is 0 Å². The highest BCUT2D eigenvalue weighted by atomic mass is 32.2. The molecule has 17 heteroatoms. The molecule has 2 aliphatic heterocycles. The molecule has 2 aromatic carbocycles. The Bertz CT molecular complexity index is 2330. The van der Waals surface area contributed by atoms with E-state index in [-0.39, 0.29) is 38.4 Å². The monoisotopic (exact) mass is 828 g/mol. The standard InChI is InChI=1S/C42H48N6O10S/c1-6-26-22-42(26,39(52)46-59(54,55)29-15-16-29)45-37(50)34-20-28(23-48(34)38(51)33(24-47-18-10-13-36(47)49)44-40(53)58-41(2,3)4)57-35-21-31(25-11-8-7-9-12-25)43-32-19-27(56-5)14-17-30(32)35/h6-14,17,19,21,26,28-29,33-34H,1,15-16,18,20,22-24H2,2-5H3,(H,44,53)(H,45,50)(H,46,52)/t26-,28-,33?,34+,42-/m1/s1. The number of amides is 5. The van der Waals surface area contributed by atoms with Gasteiger partial charge in [-0.3, -0.25) is 23.9 Å². The quantitative estimate of drug-likeness (QED) is 0.202. The first-order valence-corrected chi connectivity index (χ1v) is 21.0. The summed E-state index contributed by atoms with van der Waals surface area (Å²) in [6.07, 6.45) is 3.65. The predicted octanol–water partition coefficient (Wildman–Crippen LogP) is 3.22. The third-order valence-corrected chi connectivity index (χ3v) is 12.5. The molecule has 312 valence electrons. The molecule has 7 rings (SSSR count). The largest absolute Gasteiger partial charge is 0.497 e. The number of hydrogen-bond acceptors (Lipinski definition) is 11. The SMILES string of the molecule is C=C[C@@H]1C[C@]1(NC(=O)[C@@H]1C[C@@H](Oc2cc(-c3ccccc3)nc3cc(OC)ccc23)CN1C(=O)C(CN1CC=CC1=O)NC(=O)OC(C)(C)C)C(=O)NS(=O)(=O)C1CC1. The number of fused-ring (bicyclic) bond motifs is 1. The van der Waals surface area contributed by atoms with Crippen molar-refractivity contribution in [2.24, 2.45) is 5.92 Å². The van der Waals surface area contributed by atoms with E-state index in [1.165, 1.54) is 22.0 Å². The van der Waals surface area contributed by atoms with Crippen molar-refractivity contribution >= 4 is 50.6 Å². The number of alkyl carbamates (subject to hydrolysis) is 1. The van der Waals surface area contributed by atoms with Gasteiger partial charge in [-0.15, -0.1) is 6.58 Å². The molecule has 1 aromatic heterocycles. The van der Waals surface area contributed by atoms with Crippen LogP contribution in [0.3, 0.4) is 0 Å². The Morgan fingerprint density at radius 1 is 1.08 bits per heavy atom. The Morgan fingerprint density at radius 2 is 1.83 bits per heavy atom. The molecule has 0 spiro atoms. The lowest BCUT2D eigenvalue weighted by atomic mass is 10.1. The Hall–Kier alpha value is -5.97. The first-order chi connectivity index (χ1) is 28.0.